The highest BCUT2D eigenvalue weighted by atomic mass is 32.1. The summed E-state index contributed by atoms with van der Waals surface area (Å²) in [6, 6.07) is 13.6. The number of hydrogen-bond donors (Lipinski definition) is 2. The fraction of sp³-hybridized carbons (Fsp3) is 0.318. The number of thiazole rings is 1. The Balaban J connectivity index is 1.52. The molecule has 0 bridgehead atoms. The van der Waals surface area contributed by atoms with E-state index in [1.54, 1.807) is 7.11 Å². The van der Waals surface area contributed by atoms with Gasteiger partial charge in [-0.15, -0.1) is 0 Å². The molecule has 3 rings (SSSR count). The van der Waals surface area contributed by atoms with E-state index in [1.807, 2.05) is 56.3 Å². The van der Waals surface area contributed by atoms with Gasteiger partial charge in [-0.05, 0) is 41.8 Å². The van der Waals surface area contributed by atoms with E-state index in [-0.39, 0.29) is 17.7 Å². The van der Waals surface area contributed by atoms with Gasteiger partial charge < -0.3 is 15.4 Å². The molecule has 0 saturated carbocycles. The lowest BCUT2D eigenvalue weighted by atomic mass is 10.1. The molecule has 3 aromatic rings. The van der Waals surface area contributed by atoms with E-state index in [0.29, 0.717) is 24.5 Å². The molecule has 0 spiro atoms. The zero-order valence-electron chi connectivity index (χ0n) is 16.8. The number of fused-ring (bicyclic) bond motifs is 1. The highest BCUT2D eigenvalue weighted by Crippen LogP contribution is 2.27. The minimum Gasteiger partial charge on any atom is -0.497 e. The highest BCUT2D eigenvalue weighted by molar-refractivity contribution is 7.22. The Morgan fingerprint density at radius 1 is 1.10 bits per heavy atom. The van der Waals surface area contributed by atoms with E-state index in [0.717, 1.165) is 27.1 Å². The summed E-state index contributed by atoms with van der Waals surface area (Å²) < 4.78 is 6.13. The van der Waals surface area contributed by atoms with Gasteiger partial charge in [0.25, 0.3) is 0 Å². The molecule has 6 nitrogen and oxygen atoms in total. The molecule has 7 heteroatoms. The molecule has 0 aliphatic carbocycles. The van der Waals surface area contributed by atoms with Crippen molar-refractivity contribution in [2.75, 3.05) is 12.4 Å². The Bertz CT molecular complexity index is 996. The lowest BCUT2D eigenvalue weighted by Gasteiger charge is -2.06. The molecule has 0 fully saturated rings. The van der Waals surface area contributed by atoms with E-state index < -0.39 is 0 Å². The average molecular weight is 412 g/mol. The zero-order valence-corrected chi connectivity index (χ0v) is 17.6. The van der Waals surface area contributed by atoms with Crippen LogP contribution >= 0.6 is 11.3 Å². The van der Waals surface area contributed by atoms with Crippen LogP contribution in [0.5, 0.6) is 5.75 Å². The molecule has 0 aliphatic rings. The van der Waals surface area contributed by atoms with Crippen LogP contribution in [0.1, 0.15) is 31.4 Å². The van der Waals surface area contributed by atoms with Crippen LogP contribution in [0.2, 0.25) is 0 Å². The fourth-order valence-electron chi connectivity index (χ4n) is 2.72. The monoisotopic (exact) mass is 411 g/mol. The molecule has 152 valence electrons. The topological polar surface area (TPSA) is 80.3 Å². The van der Waals surface area contributed by atoms with Gasteiger partial charge >= 0.3 is 0 Å². The summed E-state index contributed by atoms with van der Waals surface area (Å²) in [6.45, 7) is 4.19. The minimum absolute atomic E-state index is 0.00936. The number of aryl methyl sites for hydroxylation is 1. The van der Waals surface area contributed by atoms with E-state index in [9.17, 15) is 9.59 Å². The summed E-state index contributed by atoms with van der Waals surface area (Å²) in [5, 5.41) is 6.38. The summed E-state index contributed by atoms with van der Waals surface area (Å²) in [6.07, 6.45) is 1.06. The van der Waals surface area contributed by atoms with Crippen molar-refractivity contribution in [1.82, 2.24) is 10.3 Å². The van der Waals surface area contributed by atoms with Crippen molar-refractivity contribution in [3.63, 3.8) is 0 Å². The number of rotatable bonds is 8. The number of carbonyl (C=O) groups is 2. The van der Waals surface area contributed by atoms with Gasteiger partial charge in [-0.1, -0.05) is 43.4 Å². The molecule has 0 radical (unpaired) electrons. The van der Waals surface area contributed by atoms with Crippen LogP contribution in [0.4, 0.5) is 5.13 Å². The lowest BCUT2D eigenvalue weighted by molar-refractivity contribution is -0.121. The normalized spacial score (nSPS) is 10.9. The number of ether oxygens (including phenoxy) is 1. The van der Waals surface area contributed by atoms with Crippen molar-refractivity contribution in [1.29, 1.82) is 0 Å². The van der Waals surface area contributed by atoms with Gasteiger partial charge in [0.05, 0.1) is 17.3 Å². The number of amides is 2. The second kappa shape index (κ2) is 9.52. The number of methoxy groups -OCH3 is 1. The van der Waals surface area contributed by atoms with Crippen molar-refractivity contribution in [2.24, 2.45) is 5.92 Å². The third kappa shape index (κ3) is 5.77. The first-order chi connectivity index (χ1) is 13.9. The predicted molar refractivity (Wildman–Crippen MR) is 116 cm³/mol. The molecule has 0 saturated heterocycles. The third-order valence-electron chi connectivity index (χ3n) is 4.50. The predicted octanol–water partition coefficient (Wildman–Crippen LogP) is 4.15. The molecule has 1 aromatic heterocycles. The Morgan fingerprint density at radius 3 is 2.52 bits per heavy atom. The third-order valence-corrected chi connectivity index (χ3v) is 5.43. The van der Waals surface area contributed by atoms with Gasteiger partial charge in [0.15, 0.2) is 5.13 Å². The van der Waals surface area contributed by atoms with Gasteiger partial charge in [-0.2, -0.15) is 0 Å². The summed E-state index contributed by atoms with van der Waals surface area (Å²) in [5.74, 6) is 0.674. The molecular formula is C22H25N3O3S. The van der Waals surface area contributed by atoms with Crippen LogP contribution in [-0.2, 0) is 22.6 Å². The highest BCUT2D eigenvalue weighted by Gasteiger charge is 2.11. The van der Waals surface area contributed by atoms with Gasteiger partial charge in [-0.3, -0.25) is 9.59 Å². The first-order valence-electron chi connectivity index (χ1n) is 9.54. The fourth-order valence-corrected chi connectivity index (χ4v) is 3.65. The van der Waals surface area contributed by atoms with E-state index in [4.69, 9.17) is 4.74 Å². The number of benzene rings is 2. The van der Waals surface area contributed by atoms with Crippen molar-refractivity contribution in [2.45, 2.75) is 33.2 Å². The van der Waals surface area contributed by atoms with Crippen molar-refractivity contribution < 1.29 is 14.3 Å². The van der Waals surface area contributed by atoms with Crippen LogP contribution in [0, 0.1) is 5.92 Å². The Kier molecular flexibility index (Phi) is 6.82. The maximum atomic E-state index is 12.2. The second-order valence-electron chi connectivity index (χ2n) is 7.09. The number of nitrogens with zero attached hydrogens (tertiary/aromatic N) is 1. The number of hydrogen-bond acceptors (Lipinski definition) is 5. The summed E-state index contributed by atoms with van der Waals surface area (Å²) in [5.41, 5.74) is 2.95. The van der Waals surface area contributed by atoms with Crippen molar-refractivity contribution in [3.05, 3.63) is 53.6 Å². The van der Waals surface area contributed by atoms with Crippen LogP contribution in [-0.4, -0.2) is 23.9 Å². The molecule has 0 atom stereocenters. The first kappa shape index (κ1) is 20.8. The maximum absolute atomic E-state index is 12.2. The standard InChI is InChI=1S/C22H25N3O3S/c1-14(2)21(27)25-22-24-18-10-6-15(12-19(18)29-22)7-11-20(26)23-13-16-4-8-17(28-3)9-5-16/h4-6,8-10,12,14H,7,11,13H2,1-3H3,(H,23,26)(H,24,25,27). The lowest BCUT2D eigenvalue weighted by Crippen LogP contribution is -2.22. The van der Waals surface area contributed by atoms with Gasteiger partial charge in [-0.25, -0.2) is 4.98 Å². The number of anilines is 1. The Hall–Kier alpha value is -2.93. The van der Waals surface area contributed by atoms with Crippen LogP contribution in [0.25, 0.3) is 10.2 Å². The SMILES string of the molecule is COc1ccc(CNC(=O)CCc2ccc3nc(NC(=O)C(C)C)sc3c2)cc1. The molecule has 29 heavy (non-hydrogen) atoms. The maximum Gasteiger partial charge on any atom is 0.228 e. The summed E-state index contributed by atoms with van der Waals surface area (Å²) in [4.78, 5) is 28.5. The molecular weight excluding hydrogens is 386 g/mol. The molecule has 1 heterocycles. The quantitative estimate of drug-likeness (QED) is 0.584. The summed E-state index contributed by atoms with van der Waals surface area (Å²) in [7, 11) is 1.63. The number of carbonyl (C=O) groups excluding carboxylic acids is 2. The average Bonchev–Trinajstić information content (AvgIpc) is 3.12. The Labute approximate surface area is 174 Å². The van der Waals surface area contributed by atoms with Crippen molar-refractivity contribution >= 4 is 38.5 Å². The first-order valence-corrected chi connectivity index (χ1v) is 10.4. The number of nitrogens with one attached hydrogen (secondary N) is 2. The molecule has 2 aromatic carbocycles. The Morgan fingerprint density at radius 2 is 1.83 bits per heavy atom. The van der Waals surface area contributed by atoms with E-state index >= 15 is 0 Å². The molecule has 2 amide bonds. The number of aromatic nitrogens is 1. The van der Waals surface area contributed by atoms with Gasteiger partial charge in [0.1, 0.15) is 5.75 Å². The van der Waals surface area contributed by atoms with Crippen LogP contribution in [0.3, 0.4) is 0 Å². The zero-order chi connectivity index (χ0) is 20.8. The minimum atomic E-state index is -0.0889. The molecule has 2 N–H and O–H groups in total. The van der Waals surface area contributed by atoms with Crippen LogP contribution in [0.15, 0.2) is 42.5 Å². The van der Waals surface area contributed by atoms with Gasteiger partial charge in [0.2, 0.25) is 11.8 Å². The van der Waals surface area contributed by atoms with E-state index in [1.165, 1.54) is 11.3 Å². The molecule has 0 unspecified atom stereocenters. The summed E-state index contributed by atoms with van der Waals surface area (Å²) >= 11 is 1.45. The largest absolute Gasteiger partial charge is 0.497 e. The van der Waals surface area contributed by atoms with Crippen LogP contribution < -0.4 is 15.4 Å². The van der Waals surface area contributed by atoms with Crippen molar-refractivity contribution in [3.8, 4) is 5.75 Å². The molecule has 0 aliphatic heterocycles. The smallest absolute Gasteiger partial charge is 0.228 e. The second-order valence-corrected chi connectivity index (χ2v) is 8.12. The van der Waals surface area contributed by atoms with Gasteiger partial charge in [0, 0.05) is 18.9 Å². The van der Waals surface area contributed by atoms with E-state index in [2.05, 4.69) is 15.6 Å².